The molecule has 4 nitrogen and oxygen atoms in total. The Labute approximate surface area is 112 Å². The van der Waals surface area contributed by atoms with Crippen molar-refractivity contribution in [3.8, 4) is 0 Å². The molecular weight excluding hydrogens is 306 g/mol. The van der Waals surface area contributed by atoms with Crippen molar-refractivity contribution in [2.75, 3.05) is 20.3 Å². The molecular formula is C11H14BrNO3S. The van der Waals surface area contributed by atoms with E-state index in [-0.39, 0.29) is 18.6 Å². The van der Waals surface area contributed by atoms with Crippen LogP contribution in [-0.4, -0.2) is 37.4 Å². The summed E-state index contributed by atoms with van der Waals surface area (Å²) in [4.78, 5) is 12.5. The molecule has 0 radical (unpaired) electrons. The number of aliphatic hydroxyl groups is 1. The van der Waals surface area contributed by atoms with Crippen LogP contribution in [0.3, 0.4) is 0 Å². The molecule has 0 bridgehead atoms. The molecule has 1 rings (SSSR count). The highest BCUT2D eigenvalue weighted by Gasteiger charge is 2.08. The van der Waals surface area contributed by atoms with E-state index in [0.717, 1.165) is 8.66 Å². The maximum absolute atomic E-state index is 11.5. The van der Waals surface area contributed by atoms with Crippen LogP contribution in [0.15, 0.2) is 22.0 Å². The Bertz CT molecular complexity index is 392. The normalized spacial score (nSPS) is 12.9. The first kappa shape index (κ1) is 14.4. The van der Waals surface area contributed by atoms with Gasteiger partial charge in [-0.1, -0.05) is 0 Å². The van der Waals surface area contributed by atoms with E-state index < -0.39 is 0 Å². The highest BCUT2D eigenvalue weighted by molar-refractivity contribution is 9.11. The van der Waals surface area contributed by atoms with Crippen LogP contribution in [0.2, 0.25) is 0 Å². The minimum atomic E-state index is -0.368. The van der Waals surface area contributed by atoms with E-state index >= 15 is 0 Å². The van der Waals surface area contributed by atoms with Crippen molar-refractivity contribution in [3.63, 3.8) is 0 Å². The number of carbonyl (C=O) groups is 1. The van der Waals surface area contributed by atoms with Crippen molar-refractivity contribution in [2.45, 2.75) is 6.04 Å². The van der Waals surface area contributed by atoms with Crippen molar-refractivity contribution < 1.29 is 14.6 Å². The molecule has 0 fully saturated rings. The number of aliphatic hydroxyl groups excluding tert-OH is 1. The molecule has 94 valence electrons. The van der Waals surface area contributed by atoms with Crippen molar-refractivity contribution in [3.05, 3.63) is 26.9 Å². The van der Waals surface area contributed by atoms with Gasteiger partial charge in [0.25, 0.3) is 0 Å². The maximum atomic E-state index is 11.5. The molecule has 1 heterocycles. The van der Waals surface area contributed by atoms with Gasteiger partial charge in [0.1, 0.15) is 0 Å². The summed E-state index contributed by atoms with van der Waals surface area (Å²) in [5.74, 6) is -0.245. The average molecular weight is 320 g/mol. The molecule has 2 N–H and O–H groups in total. The Morgan fingerprint density at radius 1 is 1.71 bits per heavy atom. The summed E-state index contributed by atoms with van der Waals surface area (Å²) in [5.41, 5.74) is 0. The lowest BCUT2D eigenvalue weighted by molar-refractivity contribution is -0.117. The molecule has 1 aromatic heterocycles. The zero-order chi connectivity index (χ0) is 12.7. The maximum Gasteiger partial charge on any atom is 0.244 e. The molecule has 0 aliphatic carbocycles. The van der Waals surface area contributed by atoms with E-state index in [1.807, 2.05) is 12.1 Å². The molecule has 0 spiro atoms. The first-order valence-corrected chi connectivity index (χ1v) is 6.60. The van der Waals surface area contributed by atoms with Crippen LogP contribution in [0.25, 0.3) is 6.08 Å². The minimum Gasteiger partial charge on any atom is -0.394 e. The van der Waals surface area contributed by atoms with Gasteiger partial charge in [-0.2, -0.15) is 0 Å². The summed E-state index contributed by atoms with van der Waals surface area (Å²) in [5, 5.41) is 11.6. The topological polar surface area (TPSA) is 58.6 Å². The SMILES string of the molecule is COCC(CO)NC(=O)/C=C/c1ccc(Br)s1. The second-order valence-electron chi connectivity index (χ2n) is 3.32. The van der Waals surface area contributed by atoms with Crippen LogP contribution < -0.4 is 5.32 Å². The Kier molecular flexibility index (Phi) is 6.43. The standard InChI is InChI=1S/C11H14BrNO3S/c1-16-7-8(6-14)13-11(15)5-3-9-2-4-10(12)17-9/h2-5,8,14H,6-7H2,1H3,(H,13,15)/b5-3+. The van der Waals surface area contributed by atoms with Gasteiger partial charge in [-0.3, -0.25) is 4.79 Å². The summed E-state index contributed by atoms with van der Waals surface area (Å²) in [7, 11) is 1.52. The summed E-state index contributed by atoms with van der Waals surface area (Å²) < 4.78 is 5.88. The fraction of sp³-hybridized carbons (Fsp3) is 0.364. The predicted octanol–water partition coefficient (Wildman–Crippen LogP) is 1.65. The smallest absolute Gasteiger partial charge is 0.244 e. The molecule has 0 aliphatic rings. The number of halogens is 1. The van der Waals surface area contributed by atoms with Crippen LogP contribution >= 0.6 is 27.3 Å². The van der Waals surface area contributed by atoms with E-state index in [4.69, 9.17) is 9.84 Å². The lowest BCUT2D eigenvalue weighted by Crippen LogP contribution is -2.39. The number of carbonyl (C=O) groups excluding carboxylic acids is 1. The van der Waals surface area contributed by atoms with E-state index in [1.165, 1.54) is 13.2 Å². The van der Waals surface area contributed by atoms with Crippen LogP contribution in [0.1, 0.15) is 4.88 Å². The van der Waals surface area contributed by atoms with Gasteiger partial charge in [0, 0.05) is 18.1 Å². The molecule has 0 saturated carbocycles. The number of nitrogens with one attached hydrogen (secondary N) is 1. The number of amides is 1. The lowest BCUT2D eigenvalue weighted by Gasteiger charge is -2.13. The van der Waals surface area contributed by atoms with E-state index in [9.17, 15) is 4.79 Å². The number of thiophene rings is 1. The van der Waals surface area contributed by atoms with Gasteiger partial charge in [-0.15, -0.1) is 11.3 Å². The van der Waals surface area contributed by atoms with Crippen molar-refractivity contribution in [1.82, 2.24) is 5.32 Å². The highest BCUT2D eigenvalue weighted by Crippen LogP contribution is 2.22. The second-order valence-corrected chi connectivity index (χ2v) is 5.81. The third-order valence-electron chi connectivity index (χ3n) is 1.93. The van der Waals surface area contributed by atoms with Gasteiger partial charge in [-0.05, 0) is 34.1 Å². The Morgan fingerprint density at radius 2 is 2.47 bits per heavy atom. The minimum absolute atomic E-state index is 0.141. The fourth-order valence-corrected chi connectivity index (χ4v) is 2.49. The monoisotopic (exact) mass is 319 g/mol. The summed E-state index contributed by atoms with van der Waals surface area (Å²) in [6.45, 7) is 0.151. The third-order valence-corrected chi connectivity index (χ3v) is 3.52. The van der Waals surface area contributed by atoms with Crippen molar-refractivity contribution in [1.29, 1.82) is 0 Å². The van der Waals surface area contributed by atoms with E-state index in [0.29, 0.717) is 6.61 Å². The Hall–Kier alpha value is -0.690. The van der Waals surface area contributed by atoms with Gasteiger partial charge in [-0.25, -0.2) is 0 Å². The molecule has 6 heteroatoms. The summed E-state index contributed by atoms with van der Waals surface area (Å²) in [6.07, 6.45) is 3.17. The number of rotatable bonds is 6. The number of ether oxygens (including phenoxy) is 1. The zero-order valence-corrected chi connectivity index (χ0v) is 11.8. The molecule has 0 aliphatic heterocycles. The van der Waals surface area contributed by atoms with Gasteiger partial charge in [0.15, 0.2) is 0 Å². The molecule has 17 heavy (non-hydrogen) atoms. The van der Waals surface area contributed by atoms with Gasteiger partial charge >= 0.3 is 0 Å². The number of hydrogen-bond acceptors (Lipinski definition) is 4. The van der Waals surface area contributed by atoms with Gasteiger partial charge in [0.2, 0.25) is 5.91 Å². The predicted molar refractivity (Wildman–Crippen MR) is 71.9 cm³/mol. The number of methoxy groups -OCH3 is 1. The molecule has 1 aromatic rings. The zero-order valence-electron chi connectivity index (χ0n) is 9.35. The quantitative estimate of drug-likeness (QED) is 0.784. The molecule has 1 amide bonds. The summed E-state index contributed by atoms with van der Waals surface area (Å²) in [6, 6.07) is 3.47. The third kappa shape index (κ3) is 5.45. The van der Waals surface area contributed by atoms with Crippen molar-refractivity contribution >= 4 is 39.2 Å². The molecule has 1 atom stereocenters. The highest BCUT2D eigenvalue weighted by atomic mass is 79.9. The second kappa shape index (κ2) is 7.60. The van der Waals surface area contributed by atoms with Gasteiger partial charge in [0.05, 0.1) is 23.0 Å². The van der Waals surface area contributed by atoms with Crippen LogP contribution in [0.4, 0.5) is 0 Å². The fourth-order valence-electron chi connectivity index (χ4n) is 1.17. The lowest BCUT2D eigenvalue weighted by atomic mass is 10.3. The van der Waals surface area contributed by atoms with E-state index in [2.05, 4.69) is 21.2 Å². The first-order valence-electron chi connectivity index (χ1n) is 4.99. The van der Waals surface area contributed by atoms with E-state index in [1.54, 1.807) is 17.4 Å². The average Bonchev–Trinajstić information content (AvgIpc) is 2.72. The van der Waals surface area contributed by atoms with Crippen LogP contribution in [0.5, 0.6) is 0 Å². The van der Waals surface area contributed by atoms with Crippen LogP contribution in [-0.2, 0) is 9.53 Å². The van der Waals surface area contributed by atoms with Crippen LogP contribution in [0, 0.1) is 0 Å². The molecule has 0 saturated heterocycles. The largest absolute Gasteiger partial charge is 0.394 e. The summed E-state index contributed by atoms with van der Waals surface area (Å²) >= 11 is 4.89. The molecule has 1 unspecified atom stereocenters. The number of hydrogen-bond donors (Lipinski definition) is 2. The van der Waals surface area contributed by atoms with Crippen molar-refractivity contribution in [2.24, 2.45) is 0 Å². The Morgan fingerprint density at radius 3 is 3.00 bits per heavy atom. The van der Waals surface area contributed by atoms with Gasteiger partial charge < -0.3 is 15.2 Å². The first-order chi connectivity index (χ1) is 8.15. The Balaban J connectivity index is 2.45. The molecule has 0 aromatic carbocycles.